The first-order valence-corrected chi connectivity index (χ1v) is 30.8. The van der Waals surface area contributed by atoms with Gasteiger partial charge in [0.15, 0.2) is 6.10 Å². The van der Waals surface area contributed by atoms with E-state index in [-0.39, 0.29) is 31.1 Å². The van der Waals surface area contributed by atoms with E-state index in [2.05, 4.69) is 167 Å². The van der Waals surface area contributed by atoms with E-state index in [0.29, 0.717) is 19.3 Å². The summed E-state index contributed by atoms with van der Waals surface area (Å²) in [6.07, 6.45) is 89.9. The minimum absolute atomic E-state index is 0.0971. The van der Waals surface area contributed by atoms with Crippen LogP contribution >= 0.6 is 0 Å². The largest absolute Gasteiger partial charge is 0.462 e. The molecule has 0 aliphatic rings. The van der Waals surface area contributed by atoms with Crippen molar-refractivity contribution in [3.63, 3.8) is 0 Å². The number of carbonyl (C=O) groups is 3. The maximum atomic E-state index is 12.9. The molecule has 0 aliphatic carbocycles. The molecule has 76 heavy (non-hydrogen) atoms. The van der Waals surface area contributed by atoms with Crippen molar-refractivity contribution in [1.29, 1.82) is 0 Å². The van der Waals surface area contributed by atoms with Gasteiger partial charge in [-0.25, -0.2) is 0 Å². The smallest absolute Gasteiger partial charge is 0.306 e. The molecule has 0 aromatic rings. The Morgan fingerprint density at radius 3 is 0.816 bits per heavy atom. The van der Waals surface area contributed by atoms with Crippen LogP contribution in [0.1, 0.15) is 258 Å². The van der Waals surface area contributed by atoms with Crippen molar-refractivity contribution in [2.75, 3.05) is 13.2 Å². The van der Waals surface area contributed by atoms with E-state index in [4.69, 9.17) is 14.2 Å². The summed E-state index contributed by atoms with van der Waals surface area (Å²) < 4.78 is 16.9. The standard InChI is InChI=1S/C70H112O6/c1-4-7-10-13-16-19-22-24-26-28-30-32-34-35-37-38-40-42-44-46-48-51-54-57-60-63-69(72)75-66-67(65-74-68(71)62-59-56-53-50-21-18-15-12-9-6-3)76-70(73)64-61-58-55-52-49-47-45-43-41-39-36-33-31-29-27-25-23-20-17-14-11-8-5-2/h7-8,10-12,15-17,19-20,24-27,30-33,35,37,39-42,67H,4-6,9,13-14,18,21-23,28-29,34,36,38,43-66H2,1-3H3/b10-7-,11-8-,15-12-,19-16-,20-17-,26-24-,27-25-,32-30-,33-31-,37-35-,41-39-,42-40-. The normalized spacial score (nSPS) is 13.1. The highest BCUT2D eigenvalue weighted by molar-refractivity contribution is 5.71. The molecule has 0 fully saturated rings. The van der Waals surface area contributed by atoms with Gasteiger partial charge >= 0.3 is 17.9 Å². The van der Waals surface area contributed by atoms with Crippen LogP contribution in [-0.4, -0.2) is 37.2 Å². The maximum absolute atomic E-state index is 12.9. The van der Waals surface area contributed by atoms with Gasteiger partial charge in [-0.3, -0.25) is 14.4 Å². The zero-order chi connectivity index (χ0) is 55.0. The summed E-state index contributed by atoms with van der Waals surface area (Å²) in [5.74, 6) is -0.937. The van der Waals surface area contributed by atoms with Crippen LogP contribution in [0.5, 0.6) is 0 Å². The summed E-state index contributed by atoms with van der Waals surface area (Å²) in [5, 5.41) is 0. The van der Waals surface area contributed by atoms with E-state index in [1.165, 1.54) is 44.9 Å². The van der Waals surface area contributed by atoms with Crippen molar-refractivity contribution in [3.05, 3.63) is 146 Å². The van der Waals surface area contributed by atoms with E-state index < -0.39 is 6.10 Å². The third-order valence-electron chi connectivity index (χ3n) is 12.5. The van der Waals surface area contributed by atoms with Gasteiger partial charge in [0, 0.05) is 19.3 Å². The van der Waals surface area contributed by atoms with Gasteiger partial charge in [-0.05, 0) is 135 Å². The Morgan fingerprint density at radius 1 is 0.276 bits per heavy atom. The Balaban J connectivity index is 4.37. The van der Waals surface area contributed by atoms with E-state index in [1.54, 1.807) is 0 Å². The van der Waals surface area contributed by atoms with Crippen LogP contribution in [0, 0.1) is 0 Å². The molecule has 0 N–H and O–H groups in total. The number of hydrogen-bond acceptors (Lipinski definition) is 6. The molecule has 1 atom stereocenters. The van der Waals surface area contributed by atoms with Gasteiger partial charge < -0.3 is 14.2 Å². The molecule has 0 rings (SSSR count). The molecule has 0 aromatic carbocycles. The third kappa shape index (κ3) is 60.2. The zero-order valence-electron chi connectivity index (χ0n) is 49.0. The van der Waals surface area contributed by atoms with Crippen LogP contribution < -0.4 is 0 Å². The number of allylic oxidation sites excluding steroid dienone is 24. The molecular weight excluding hydrogens is 937 g/mol. The monoisotopic (exact) mass is 1050 g/mol. The van der Waals surface area contributed by atoms with Crippen LogP contribution in [0.3, 0.4) is 0 Å². The number of esters is 3. The van der Waals surface area contributed by atoms with E-state index in [9.17, 15) is 14.4 Å². The summed E-state index contributed by atoms with van der Waals surface area (Å²) in [4.78, 5) is 38.2. The van der Waals surface area contributed by atoms with Gasteiger partial charge in [0.25, 0.3) is 0 Å². The van der Waals surface area contributed by atoms with Crippen molar-refractivity contribution in [2.24, 2.45) is 0 Å². The van der Waals surface area contributed by atoms with Crippen LogP contribution in [-0.2, 0) is 28.6 Å². The number of hydrogen-bond donors (Lipinski definition) is 0. The Bertz CT molecular complexity index is 1680. The molecule has 1 unspecified atom stereocenters. The second-order valence-corrected chi connectivity index (χ2v) is 19.8. The fraction of sp³-hybridized carbons (Fsp3) is 0.614. The third-order valence-corrected chi connectivity index (χ3v) is 12.5. The van der Waals surface area contributed by atoms with Crippen molar-refractivity contribution in [1.82, 2.24) is 0 Å². The highest BCUT2D eigenvalue weighted by atomic mass is 16.6. The predicted octanol–water partition coefficient (Wildman–Crippen LogP) is 21.2. The quantitative estimate of drug-likeness (QED) is 0.0261. The first-order chi connectivity index (χ1) is 37.5. The molecule has 0 saturated carbocycles. The second kappa shape index (κ2) is 62.8. The Morgan fingerprint density at radius 2 is 0.513 bits per heavy atom. The molecule has 0 spiro atoms. The van der Waals surface area contributed by atoms with E-state index in [1.807, 2.05) is 0 Å². The summed E-state index contributed by atoms with van der Waals surface area (Å²) in [5.41, 5.74) is 0. The molecule has 0 aromatic heterocycles. The fourth-order valence-corrected chi connectivity index (χ4v) is 8.00. The van der Waals surface area contributed by atoms with E-state index in [0.717, 1.165) is 173 Å². The molecule has 0 saturated heterocycles. The van der Waals surface area contributed by atoms with Crippen molar-refractivity contribution in [3.8, 4) is 0 Å². The van der Waals surface area contributed by atoms with E-state index >= 15 is 0 Å². The maximum Gasteiger partial charge on any atom is 0.306 e. The van der Waals surface area contributed by atoms with Gasteiger partial charge in [0.2, 0.25) is 0 Å². The SMILES string of the molecule is CC/C=C\C/C=C\C/C=C\C/C=C\C/C=C\C/C=C\CCCCCCCCC(=O)OCC(COC(=O)CCCCCCC/C=C\CCC)OC(=O)CCCCCCCCC/C=C\C/C=C\C/C=C\C/C=C\C/C=C\CC. The molecule has 6 nitrogen and oxygen atoms in total. The lowest BCUT2D eigenvalue weighted by Crippen LogP contribution is -2.30. The fourth-order valence-electron chi connectivity index (χ4n) is 8.00. The van der Waals surface area contributed by atoms with Crippen LogP contribution in [0.4, 0.5) is 0 Å². The first-order valence-electron chi connectivity index (χ1n) is 30.8. The summed E-state index contributed by atoms with van der Waals surface area (Å²) in [6.45, 7) is 6.32. The Labute approximate surface area is 467 Å². The Hall–Kier alpha value is -4.71. The van der Waals surface area contributed by atoms with Gasteiger partial charge in [0.1, 0.15) is 13.2 Å². The molecule has 428 valence electrons. The van der Waals surface area contributed by atoms with Gasteiger partial charge in [-0.1, -0.05) is 250 Å². The minimum atomic E-state index is -0.801. The van der Waals surface area contributed by atoms with Crippen LogP contribution in [0.25, 0.3) is 0 Å². The zero-order valence-corrected chi connectivity index (χ0v) is 49.0. The second-order valence-electron chi connectivity index (χ2n) is 19.8. The van der Waals surface area contributed by atoms with Crippen molar-refractivity contribution >= 4 is 17.9 Å². The molecule has 0 radical (unpaired) electrons. The van der Waals surface area contributed by atoms with Gasteiger partial charge in [-0.2, -0.15) is 0 Å². The summed E-state index contributed by atoms with van der Waals surface area (Å²) in [7, 11) is 0. The minimum Gasteiger partial charge on any atom is -0.462 e. The molecular formula is C70H112O6. The Kier molecular flexibility index (Phi) is 58.9. The lowest BCUT2D eigenvalue weighted by atomic mass is 10.1. The lowest BCUT2D eigenvalue weighted by Gasteiger charge is -2.18. The molecule has 0 aliphatic heterocycles. The highest BCUT2D eigenvalue weighted by Gasteiger charge is 2.19. The van der Waals surface area contributed by atoms with Gasteiger partial charge in [0.05, 0.1) is 0 Å². The lowest BCUT2D eigenvalue weighted by molar-refractivity contribution is -0.167. The van der Waals surface area contributed by atoms with Crippen molar-refractivity contribution < 1.29 is 28.6 Å². The number of rotatable bonds is 54. The number of ether oxygens (including phenoxy) is 3. The predicted molar refractivity (Wildman–Crippen MR) is 329 cm³/mol. The number of unbranched alkanes of at least 4 members (excludes halogenated alkanes) is 19. The van der Waals surface area contributed by atoms with Crippen molar-refractivity contribution in [2.45, 2.75) is 264 Å². The number of carbonyl (C=O) groups excluding carboxylic acids is 3. The highest BCUT2D eigenvalue weighted by Crippen LogP contribution is 2.14. The average Bonchev–Trinajstić information content (AvgIpc) is 3.42. The first kappa shape index (κ1) is 71.3. The van der Waals surface area contributed by atoms with Crippen LogP contribution in [0.15, 0.2) is 146 Å². The molecule has 6 heteroatoms. The summed E-state index contributed by atoms with van der Waals surface area (Å²) >= 11 is 0. The average molecular weight is 1050 g/mol. The molecule has 0 amide bonds. The molecule has 0 heterocycles. The topological polar surface area (TPSA) is 78.9 Å². The summed E-state index contributed by atoms with van der Waals surface area (Å²) in [6, 6.07) is 0. The van der Waals surface area contributed by atoms with Crippen LogP contribution in [0.2, 0.25) is 0 Å². The molecule has 0 bridgehead atoms. The van der Waals surface area contributed by atoms with Gasteiger partial charge in [-0.15, -0.1) is 0 Å².